The fraction of sp³-hybridized carbons (Fsp3) is 0.0606. The Kier molecular flexibility index (Phi) is 8.85. The van der Waals surface area contributed by atoms with Crippen molar-refractivity contribution in [2.75, 3.05) is 4.90 Å². The maximum atomic E-state index is 2.58. The van der Waals surface area contributed by atoms with Crippen LogP contribution in [0.3, 0.4) is 0 Å². The van der Waals surface area contributed by atoms with Gasteiger partial charge < -0.3 is 4.90 Å². The summed E-state index contributed by atoms with van der Waals surface area (Å²) in [6.45, 7) is 4.79. The average molecular weight is 854 g/mol. The minimum Gasteiger partial charge on any atom is -0.310 e. The molecule has 0 fully saturated rings. The van der Waals surface area contributed by atoms with Crippen LogP contribution in [0, 0.1) is 0 Å². The molecule has 0 amide bonds. The third-order valence-corrected chi connectivity index (χ3v) is 14.9. The molecule has 0 saturated carbocycles. The summed E-state index contributed by atoms with van der Waals surface area (Å²) in [5.41, 5.74) is 20.4. The van der Waals surface area contributed by atoms with Gasteiger partial charge in [0.05, 0.1) is 16.8 Å². The molecule has 316 valence electrons. The quantitative estimate of drug-likeness (QED) is 0.154. The van der Waals surface area contributed by atoms with Crippen LogP contribution in [0.5, 0.6) is 0 Å². The van der Waals surface area contributed by atoms with Crippen LogP contribution in [0.15, 0.2) is 249 Å². The number of hydrogen-bond acceptors (Lipinski definition) is 1. The van der Waals surface area contributed by atoms with Gasteiger partial charge in [-0.1, -0.05) is 238 Å². The van der Waals surface area contributed by atoms with Crippen LogP contribution in [0.1, 0.15) is 47.2 Å². The predicted octanol–water partition coefficient (Wildman–Crippen LogP) is 17.5. The summed E-state index contributed by atoms with van der Waals surface area (Å²) < 4.78 is 0. The summed E-state index contributed by atoms with van der Waals surface area (Å²) in [5, 5.41) is 5.03. The molecule has 0 N–H and O–H groups in total. The molecule has 11 aromatic carbocycles. The van der Waals surface area contributed by atoms with Crippen LogP contribution in [-0.2, 0) is 10.8 Å². The van der Waals surface area contributed by atoms with Crippen molar-refractivity contribution in [2.24, 2.45) is 0 Å². The molecule has 11 aromatic rings. The molecule has 0 aliphatic heterocycles. The zero-order valence-corrected chi connectivity index (χ0v) is 37.6. The van der Waals surface area contributed by atoms with Gasteiger partial charge in [-0.2, -0.15) is 0 Å². The van der Waals surface area contributed by atoms with E-state index in [2.05, 4.69) is 267 Å². The molecule has 13 rings (SSSR count). The summed E-state index contributed by atoms with van der Waals surface area (Å²) in [6, 6.07) is 92.7. The second-order valence-corrected chi connectivity index (χ2v) is 18.7. The third-order valence-electron chi connectivity index (χ3n) is 14.9. The largest absolute Gasteiger partial charge is 0.310 e. The molecular formula is C66H47N. The van der Waals surface area contributed by atoms with Gasteiger partial charge >= 0.3 is 0 Å². The lowest BCUT2D eigenvalue weighted by Crippen LogP contribution is -2.30. The lowest BCUT2D eigenvalue weighted by Gasteiger charge is -2.39. The van der Waals surface area contributed by atoms with Crippen molar-refractivity contribution in [3.8, 4) is 44.5 Å². The lowest BCUT2D eigenvalue weighted by atomic mass is 9.67. The predicted molar refractivity (Wildman–Crippen MR) is 282 cm³/mol. The second-order valence-electron chi connectivity index (χ2n) is 18.7. The van der Waals surface area contributed by atoms with E-state index >= 15 is 0 Å². The fourth-order valence-corrected chi connectivity index (χ4v) is 12.0. The van der Waals surface area contributed by atoms with Gasteiger partial charge in [0.15, 0.2) is 0 Å². The van der Waals surface area contributed by atoms with Crippen molar-refractivity contribution in [3.63, 3.8) is 0 Å². The normalized spacial score (nSPS) is 13.8. The van der Waals surface area contributed by atoms with Gasteiger partial charge in [-0.3, -0.25) is 0 Å². The maximum Gasteiger partial charge on any atom is 0.0733 e. The molecule has 0 bridgehead atoms. The summed E-state index contributed by atoms with van der Waals surface area (Å²) in [6.07, 6.45) is 0. The summed E-state index contributed by atoms with van der Waals surface area (Å²) >= 11 is 0. The van der Waals surface area contributed by atoms with Gasteiger partial charge in [0.1, 0.15) is 0 Å². The van der Waals surface area contributed by atoms with Crippen molar-refractivity contribution in [1.82, 2.24) is 0 Å². The Balaban J connectivity index is 1.10. The highest BCUT2D eigenvalue weighted by molar-refractivity contribution is 6.09. The summed E-state index contributed by atoms with van der Waals surface area (Å²) in [4.78, 5) is 2.58. The van der Waals surface area contributed by atoms with Gasteiger partial charge in [0.2, 0.25) is 0 Å². The van der Waals surface area contributed by atoms with Crippen LogP contribution in [0.2, 0.25) is 0 Å². The van der Waals surface area contributed by atoms with Gasteiger partial charge in [0, 0.05) is 16.7 Å². The number of hydrogen-bond donors (Lipinski definition) is 0. The Morgan fingerprint density at radius 2 is 0.806 bits per heavy atom. The summed E-state index contributed by atoms with van der Waals surface area (Å²) in [5.74, 6) is 0. The van der Waals surface area contributed by atoms with Gasteiger partial charge in [0.25, 0.3) is 0 Å². The van der Waals surface area contributed by atoms with E-state index < -0.39 is 5.41 Å². The number of rotatable bonds is 7. The van der Waals surface area contributed by atoms with E-state index in [-0.39, 0.29) is 5.41 Å². The molecule has 1 heteroatoms. The van der Waals surface area contributed by atoms with Gasteiger partial charge in [-0.15, -0.1) is 0 Å². The van der Waals surface area contributed by atoms with Crippen molar-refractivity contribution in [1.29, 1.82) is 0 Å². The first-order chi connectivity index (χ1) is 33.0. The van der Waals surface area contributed by atoms with E-state index in [4.69, 9.17) is 0 Å². The zero-order chi connectivity index (χ0) is 44.7. The van der Waals surface area contributed by atoms with E-state index in [1.54, 1.807) is 0 Å². The highest BCUT2D eigenvalue weighted by atomic mass is 15.1. The van der Waals surface area contributed by atoms with Crippen molar-refractivity contribution >= 4 is 38.6 Å². The third kappa shape index (κ3) is 5.74. The highest BCUT2D eigenvalue weighted by Gasteiger charge is 2.48. The Morgan fingerprint density at radius 3 is 1.51 bits per heavy atom. The molecule has 0 unspecified atom stereocenters. The Morgan fingerprint density at radius 1 is 0.313 bits per heavy atom. The highest BCUT2D eigenvalue weighted by Crippen LogP contribution is 2.61. The monoisotopic (exact) mass is 853 g/mol. The van der Waals surface area contributed by atoms with Crippen molar-refractivity contribution in [2.45, 2.75) is 24.7 Å². The molecule has 67 heavy (non-hydrogen) atoms. The fourth-order valence-electron chi connectivity index (χ4n) is 12.0. The van der Waals surface area contributed by atoms with Crippen LogP contribution < -0.4 is 4.90 Å². The minimum atomic E-state index is -0.609. The van der Waals surface area contributed by atoms with Crippen LogP contribution in [0.25, 0.3) is 66.1 Å². The smallest absolute Gasteiger partial charge is 0.0733 e. The number of anilines is 3. The number of nitrogens with zero attached hydrogens (tertiary/aromatic N) is 1. The van der Waals surface area contributed by atoms with Crippen LogP contribution in [-0.4, -0.2) is 0 Å². The molecule has 2 aliphatic rings. The Hall–Kier alpha value is -8.26. The molecule has 0 heterocycles. The average Bonchev–Trinajstić information content (AvgIpc) is 3.83. The molecule has 0 radical (unpaired) electrons. The number of para-hydroxylation sites is 1. The lowest BCUT2D eigenvalue weighted by molar-refractivity contribution is 0.661. The second kappa shape index (κ2) is 15.2. The van der Waals surface area contributed by atoms with Crippen LogP contribution in [0.4, 0.5) is 17.1 Å². The Labute approximate surface area is 392 Å². The number of fused-ring (bicyclic) bond motifs is 9. The van der Waals surface area contributed by atoms with Gasteiger partial charge in [-0.25, -0.2) is 0 Å². The Bertz CT molecular complexity index is 3660. The first-order valence-corrected chi connectivity index (χ1v) is 23.5. The zero-order valence-electron chi connectivity index (χ0n) is 37.6. The maximum absolute atomic E-state index is 2.58. The molecule has 0 aromatic heterocycles. The van der Waals surface area contributed by atoms with Crippen LogP contribution >= 0.6 is 0 Å². The number of benzene rings is 11. The van der Waals surface area contributed by atoms with E-state index in [1.807, 2.05) is 0 Å². The van der Waals surface area contributed by atoms with Gasteiger partial charge in [-0.05, 0) is 118 Å². The van der Waals surface area contributed by atoms with E-state index in [0.717, 1.165) is 11.4 Å². The van der Waals surface area contributed by atoms with E-state index in [9.17, 15) is 0 Å². The standard InChI is InChI=1S/C66H47N/c1-65(2)58-35-19-37-61(64(58)63-52-27-10-9-22-45(52)40-43-59(63)65)67(49-41-38-46(39-42-49)51-31-18-24-47-23-17-30-50(62(47)51)44-20-5-3-6-21-44)60-36-16-15-34-57(60)66(48-25-7-4-8-26-48)55-32-13-11-28-53(55)54-29-12-14-33-56(54)66/h3-43H,1-2H3. The topological polar surface area (TPSA) is 3.24 Å². The van der Waals surface area contributed by atoms with Crippen molar-refractivity contribution < 1.29 is 0 Å². The SMILES string of the molecule is CC1(C)c2cccc(N(c3ccc(-c4cccc5cccc(-c6ccccc6)c45)cc3)c3ccccc3C3(c4ccccc4)c4ccccc4-c4ccccc43)c2-c2c1ccc1ccccc21. The first-order valence-electron chi connectivity index (χ1n) is 23.5. The molecule has 0 saturated heterocycles. The first kappa shape index (κ1) is 39.1. The molecular weight excluding hydrogens is 807 g/mol. The van der Waals surface area contributed by atoms with E-state index in [1.165, 1.54) is 105 Å². The van der Waals surface area contributed by atoms with Crippen molar-refractivity contribution in [3.05, 3.63) is 282 Å². The summed E-state index contributed by atoms with van der Waals surface area (Å²) in [7, 11) is 0. The van der Waals surface area contributed by atoms with E-state index in [0.29, 0.717) is 0 Å². The minimum absolute atomic E-state index is 0.209. The molecule has 0 spiro atoms. The molecule has 2 aliphatic carbocycles. The molecule has 1 nitrogen and oxygen atoms in total. The molecule has 0 atom stereocenters.